The second kappa shape index (κ2) is 8.64. The van der Waals surface area contributed by atoms with Crippen molar-refractivity contribution in [1.29, 1.82) is 0 Å². The third-order valence-electron chi connectivity index (χ3n) is 4.33. The molecule has 0 saturated heterocycles. The summed E-state index contributed by atoms with van der Waals surface area (Å²) in [6.07, 6.45) is 0.142. The highest BCUT2D eigenvalue weighted by Gasteiger charge is 2.45. The monoisotopic (exact) mass is 364 g/mol. The van der Waals surface area contributed by atoms with Crippen molar-refractivity contribution in [1.82, 2.24) is 5.32 Å². The van der Waals surface area contributed by atoms with Crippen molar-refractivity contribution in [3.63, 3.8) is 0 Å². The van der Waals surface area contributed by atoms with E-state index in [1.54, 1.807) is 0 Å². The maximum Gasteiger partial charge on any atom is 0.409 e. The summed E-state index contributed by atoms with van der Waals surface area (Å²) < 4.78 is 5.11. The predicted molar refractivity (Wildman–Crippen MR) is 110 cm³/mol. The maximum atomic E-state index is 12.1. The summed E-state index contributed by atoms with van der Waals surface area (Å²) in [5.74, 6) is 0. The number of hydrogen-bond donors (Lipinski definition) is 1. The Labute approximate surface area is 155 Å². The van der Waals surface area contributed by atoms with Crippen LogP contribution < -0.4 is 21.2 Å². The summed E-state index contributed by atoms with van der Waals surface area (Å²) in [6.45, 7) is 2.17. The average Bonchev–Trinajstić information content (AvgIpc) is 2.71. The molecule has 0 aliphatic heterocycles. The van der Waals surface area contributed by atoms with E-state index < -0.39 is 7.26 Å². The first-order valence-electron chi connectivity index (χ1n) is 8.73. The lowest BCUT2D eigenvalue weighted by molar-refractivity contribution is 0.154. The van der Waals surface area contributed by atoms with Crippen molar-refractivity contribution in [2.45, 2.75) is 6.92 Å². The third-order valence-corrected chi connectivity index (χ3v) is 8.50. The fourth-order valence-corrected chi connectivity index (χ4v) is 6.99. The van der Waals surface area contributed by atoms with Crippen LogP contribution in [-0.2, 0) is 4.74 Å². The Balaban J connectivity index is 2.16. The van der Waals surface area contributed by atoms with Gasteiger partial charge in [-0.25, -0.2) is 4.79 Å². The van der Waals surface area contributed by atoms with Gasteiger partial charge in [0.25, 0.3) is 0 Å². The molecule has 3 aromatic carbocycles. The van der Waals surface area contributed by atoms with Crippen LogP contribution in [0.3, 0.4) is 0 Å². The molecule has 0 heterocycles. The average molecular weight is 364 g/mol. The molecule has 1 N–H and O–H groups in total. The molecule has 0 aromatic heterocycles. The Morgan fingerprint density at radius 2 is 1.15 bits per heavy atom. The minimum absolute atomic E-state index is 0.360. The second-order valence-corrected chi connectivity index (χ2v) is 9.36. The van der Waals surface area contributed by atoms with Gasteiger partial charge in [-0.1, -0.05) is 54.6 Å². The highest BCUT2D eigenvalue weighted by atomic mass is 31.2. The Kier molecular flexibility index (Phi) is 6.04. The van der Waals surface area contributed by atoms with Gasteiger partial charge in [0, 0.05) is 0 Å². The molecule has 0 atom stereocenters. The molecule has 4 heteroatoms. The predicted octanol–water partition coefficient (Wildman–Crippen LogP) is 3.68. The fraction of sp³-hybridized carbons (Fsp3) is 0.136. The van der Waals surface area contributed by atoms with Crippen molar-refractivity contribution in [3.8, 4) is 0 Å². The first-order valence-corrected chi connectivity index (χ1v) is 10.7. The topological polar surface area (TPSA) is 38.3 Å². The van der Waals surface area contributed by atoms with Crippen molar-refractivity contribution < 1.29 is 9.53 Å². The molecule has 0 aliphatic rings. The summed E-state index contributed by atoms with van der Waals surface area (Å²) in [6, 6.07) is 31.3. The minimum Gasteiger partial charge on any atom is -0.450 e. The molecule has 0 fully saturated rings. The highest BCUT2D eigenvalue weighted by molar-refractivity contribution is 7.95. The van der Waals surface area contributed by atoms with E-state index in [2.05, 4.69) is 78.1 Å². The number of alkyl carbamates (subject to hydrolysis) is 1. The van der Waals surface area contributed by atoms with Gasteiger partial charge in [-0.15, -0.1) is 0 Å². The molecule has 3 nitrogen and oxygen atoms in total. The lowest BCUT2D eigenvalue weighted by atomic mass is 10.4. The molecule has 0 saturated carbocycles. The van der Waals surface area contributed by atoms with Gasteiger partial charge >= 0.3 is 6.09 Å². The first-order chi connectivity index (χ1) is 12.8. The zero-order valence-corrected chi connectivity index (χ0v) is 15.7. The first kappa shape index (κ1) is 18.2. The van der Waals surface area contributed by atoms with Gasteiger partial charge in [-0.2, -0.15) is 0 Å². The Hall–Kier alpha value is -2.64. The maximum absolute atomic E-state index is 12.1. The van der Waals surface area contributed by atoms with E-state index in [1.807, 2.05) is 25.1 Å². The minimum atomic E-state index is -2.04. The highest BCUT2D eigenvalue weighted by Crippen LogP contribution is 2.54. The van der Waals surface area contributed by atoms with Gasteiger partial charge in [0.05, 0.1) is 6.61 Å². The van der Waals surface area contributed by atoms with E-state index in [0.29, 0.717) is 12.9 Å². The number of carbonyl (C=O) groups is 1. The van der Waals surface area contributed by atoms with Crippen LogP contribution in [0, 0.1) is 0 Å². The van der Waals surface area contributed by atoms with E-state index in [4.69, 9.17) is 4.74 Å². The Morgan fingerprint density at radius 3 is 1.50 bits per heavy atom. The van der Waals surface area contributed by atoms with E-state index in [0.717, 1.165) is 0 Å². The van der Waals surface area contributed by atoms with Crippen LogP contribution in [0.2, 0.25) is 0 Å². The van der Waals surface area contributed by atoms with Gasteiger partial charge in [0.2, 0.25) is 0 Å². The lowest BCUT2D eigenvalue weighted by Crippen LogP contribution is -2.40. The standard InChI is InChI=1S/C22H22NO2P/c1-2-25-22(24)23-18-26(19-12-6-3-7-13-19,20-14-8-4-9-15-20)21-16-10-5-11-17-21/h3-17H,2,18H2,1H3/p+1. The largest absolute Gasteiger partial charge is 0.450 e. The Morgan fingerprint density at radius 1 is 0.769 bits per heavy atom. The SMILES string of the molecule is CCOC(=O)NC[P+](c1ccccc1)(c1ccccc1)c1ccccc1. The summed E-state index contributed by atoms with van der Waals surface area (Å²) in [7, 11) is -2.04. The van der Waals surface area contributed by atoms with Crippen LogP contribution in [0.1, 0.15) is 6.92 Å². The summed E-state index contributed by atoms with van der Waals surface area (Å²) >= 11 is 0. The summed E-state index contributed by atoms with van der Waals surface area (Å²) in [4.78, 5) is 12.1. The quantitative estimate of drug-likeness (QED) is 0.678. The third kappa shape index (κ3) is 3.79. The molecule has 0 spiro atoms. The smallest absolute Gasteiger partial charge is 0.409 e. The van der Waals surface area contributed by atoms with Gasteiger partial charge in [0.15, 0.2) is 0 Å². The molecular formula is C22H23NO2P+. The number of rotatable bonds is 6. The Bertz CT molecular complexity index is 726. The molecule has 0 unspecified atom stereocenters. The number of amides is 1. The van der Waals surface area contributed by atoms with Crippen LogP contribution in [0.25, 0.3) is 0 Å². The zero-order chi connectivity index (χ0) is 18.2. The lowest BCUT2D eigenvalue weighted by Gasteiger charge is -2.27. The molecule has 3 rings (SSSR count). The van der Waals surface area contributed by atoms with Crippen molar-refractivity contribution in [3.05, 3.63) is 91.0 Å². The molecule has 3 aromatic rings. The molecular weight excluding hydrogens is 341 g/mol. The molecule has 1 amide bonds. The van der Waals surface area contributed by atoms with Crippen LogP contribution in [0.5, 0.6) is 0 Å². The zero-order valence-electron chi connectivity index (χ0n) is 14.8. The van der Waals surface area contributed by atoms with Crippen LogP contribution in [-0.4, -0.2) is 19.0 Å². The van der Waals surface area contributed by atoms with Crippen LogP contribution >= 0.6 is 7.26 Å². The molecule has 0 aliphatic carbocycles. The molecule has 26 heavy (non-hydrogen) atoms. The van der Waals surface area contributed by atoms with Gasteiger partial charge in [-0.05, 0) is 43.3 Å². The number of hydrogen-bond acceptors (Lipinski definition) is 2. The second-order valence-electron chi connectivity index (χ2n) is 5.87. The molecule has 0 radical (unpaired) electrons. The fourth-order valence-electron chi connectivity index (χ4n) is 3.13. The number of ether oxygens (including phenoxy) is 1. The van der Waals surface area contributed by atoms with E-state index in [9.17, 15) is 4.79 Å². The van der Waals surface area contributed by atoms with Crippen molar-refractivity contribution in [2.24, 2.45) is 0 Å². The summed E-state index contributed by atoms with van der Waals surface area (Å²) in [5.41, 5.74) is 0. The van der Waals surface area contributed by atoms with Crippen molar-refractivity contribution >= 4 is 29.3 Å². The van der Waals surface area contributed by atoms with Gasteiger partial charge in [-0.3, -0.25) is 5.32 Å². The van der Waals surface area contributed by atoms with E-state index >= 15 is 0 Å². The van der Waals surface area contributed by atoms with E-state index in [1.165, 1.54) is 15.9 Å². The molecule has 132 valence electrons. The number of benzene rings is 3. The summed E-state index contributed by atoms with van der Waals surface area (Å²) in [5, 5.41) is 6.70. The number of carbonyl (C=O) groups excluding carboxylic acids is 1. The van der Waals surface area contributed by atoms with E-state index in [-0.39, 0.29) is 6.09 Å². The normalized spacial score (nSPS) is 11.0. The van der Waals surface area contributed by atoms with Gasteiger partial charge < -0.3 is 4.74 Å². The van der Waals surface area contributed by atoms with Crippen LogP contribution in [0.15, 0.2) is 91.0 Å². The molecule has 0 bridgehead atoms. The van der Waals surface area contributed by atoms with Crippen molar-refractivity contribution in [2.75, 3.05) is 12.9 Å². The number of nitrogens with one attached hydrogen (secondary N) is 1. The van der Waals surface area contributed by atoms with Gasteiger partial charge in [0.1, 0.15) is 29.5 Å². The van der Waals surface area contributed by atoms with Crippen LogP contribution in [0.4, 0.5) is 4.79 Å².